The molecule has 3 N–H and O–H groups in total. The number of anilines is 1. The summed E-state index contributed by atoms with van der Waals surface area (Å²) < 4.78 is 67.9. The van der Waals surface area contributed by atoms with Crippen LogP contribution in [0.25, 0.3) is 0 Å². The first kappa shape index (κ1) is 25.2. The Labute approximate surface area is 209 Å². The van der Waals surface area contributed by atoms with Gasteiger partial charge in [-0.3, -0.25) is 9.59 Å². The van der Waals surface area contributed by atoms with Gasteiger partial charge in [0.25, 0.3) is 5.91 Å². The van der Waals surface area contributed by atoms with Crippen LogP contribution in [0.4, 0.5) is 27.6 Å². The highest BCUT2D eigenvalue weighted by Gasteiger charge is 2.81. The van der Waals surface area contributed by atoms with Crippen molar-refractivity contribution in [3.8, 4) is 0 Å². The summed E-state index contributed by atoms with van der Waals surface area (Å²) in [7, 11) is 0. The minimum absolute atomic E-state index is 0.171. The lowest BCUT2D eigenvalue weighted by Crippen LogP contribution is -2.34. The van der Waals surface area contributed by atoms with Crippen molar-refractivity contribution >= 4 is 52.3 Å². The van der Waals surface area contributed by atoms with Crippen molar-refractivity contribution in [3.63, 3.8) is 0 Å². The van der Waals surface area contributed by atoms with Crippen LogP contribution in [0.1, 0.15) is 27.4 Å². The number of rotatable bonds is 5. The number of nitrogens with one attached hydrogen (secondary N) is 1. The molecule has 3 aromatic rings. The van der Waals surface area contributed by atoms with Crippen molar-refractivity contribution in [3.05, 3.63) is 99.3 Å². The quantitative estimate of drug-likeness (QED) is 0.304. The van der Waals surface area contributed by atoms with Crippen LogP contribution in [0.2, 0.25) is 5.02 Å². The lowest BCUT2D eigenvalue weighted by molar-refractivity contribution is -0.120. The summed E-state index contributed by atoms with van der Waals surface area (Å²) in [6, 6.07) is 6.97. The summed E-state index contributed by atoms with van der Waals surface area (Å²) in [5.74, 6) is -9.67. The number of alkyl halides is 2. The van der Waals surface area contributed by atoms with Crippen LogP contribution in [-0.4, -0.2) is 16.1 Å². The van der Waals surface area contributed by atoms with Crippen molar-refractivity contribution in [2.24, 2.45) is 5.73 Å². The molecule has 0 spiro atoms. The maximum Gasteiger partial charge on any atom is 0.258 e. The number of benzene rings is 3. The lowest BCUT2D eigenvalue weighted by Gasteiger charge is -2.17. The van der Waals surface area contributed by atoms with Crippen LogP contribution in [0.15, 0.2) is 48.5 Å². The maximum atomic E-state index is 14.6. The molecule has 0 saturated heterocycles. The summed E-state index contributed by atoms with van der Waals surface area (Å²) in [5.41, 5.74) is 1.89. The number of carbonyl (C=O) groups is 2. The predicted octanol–water partition coefficient (Wildman–Crippen LogP) is 5.98. The standard InChI is InChI=1S/C23H12Cl3F5N2O2/c24-13-5-9(1-3-14(13)28)19-22(21(32)35,23(19,25)26)10-6-12(18(31)16(30)7-10)20(34)33-17-4-2-11(27)8-15(17)29/h1-8,19H,(H2,32,35)(H,33,34). The summed E-state index contributed by atoms with van der Waals surface area (Å²) in [5, 5.41) is 1.68. The Morgan fingerprint density at radius 3 is 2.17 bits per heavy atom. The molecule has 2 unspecified atom stereocenters. The Kier molecular flexibility index (Phi) is 6.24. The largest absolute Gasteiger partial charge is 0.369 e. The summed E-state index contributed by atoms with van der Waals surface area (Å²) >= 11 is 18.6. The first-order valence-electron chi connectivity index (χ1n) is 9.71. The van der Waals surface area contributed by atoms with E-state index < -0.39 is 67.8 Å². The third kappa shape index (κ3) is 3.91. The van der Waals surface area contributed by atoms with Crippen LogP contribution >= 0.6 is 34.8 Å². The van der Waals surface area contributed by atoms with Gasteiger partial charge >= 0.3 is 0 Å². The Hall–Kier alpha value is -2.88. The van der Waals surface area contributed by atoms with Gasteiger partial charge in [-0.05, 0) is 47.5 Å². The molecule has 4 rings (SSSR count). The van der Waals surface area contributed by atoms with Gasteiger partial charge in [0.2, 0.25) is 5.91 Å². The highest BCUT2D eigenvalue weighted by Crippen LogP contribution is 2.74. The normalized spacial score (nSPS) is 20.4. The molecule has 0 bridgehead atoms. The predicted molar refractivity (Wildman–Crippen MR) is 120 cm³/mol. The minimum atomic E-state index is -2.07. The van der Waals surface area contributed by atoms with Gasteiger partial charge < -0.3 is 11.1 Å². The van der Waals surface area contributed by atoms with Gasteiger partial charge in [0, 0.05) is 12.0 Å². The molecule has 0 aromatic heterocycles. The van der Waals surface area contributed by atoms with Crippen LogP contribution in [0.5, 0.6) is 0 Å². The van der Waals surface area contributed by atoms with Gasteiger partial charge in [-0.2, -0.15) is 0 Å². The zero-order valence-corrected chi connectivity index (χ0v) is 19.4. The van der Waals surface area contributed by atoms with E-state index >= 15 is 0 Å². The second kappa shape index (κ2) is 8.65. The van der Waals surface area contributed by atoms with Gasteiger partial charge in [-0.25, -0.2) is 22.0 Å². The number of hydrogen-bond donors (Lipinski definition) is 2. The van der Waals surface area contributed by atoms with Crippen molar-refractivity contribution in [1.82, 2.24) is 0 Å². The van der Waals surface area contributed by atoms with Gasteiger partial charge in [-0.15, -0.1) is 0 Å². The molecule has 1 aliphatic carbocycles. The minimum Gasteiger partial charge on any atom is -0.369 e. The van der Waals surface area contributed by atoms with Crippen LogP contribution < -0.4 is 11.1 Å². The molecule has 1 aliphatic rings. The molecule has 12 heteroatoms. The summed E-state index contributed by atoms with van der Waals surface area (Å²) in [6.07, 6.45) is 0. The smallest absolute Gasteiger partial charge is 0.258 e. The molecule has 2 atom stereocenters. The van der Waals surface area contributed by atoms with Gasteiger partial charge in [0.05, 0.1) is 16.3 Å². The van der Waals surface area contributed by atoms with Crippen LogP contribution in [-0.2, 0) is 10.2 Å². The number of halogens is 8. The molecular weight excluding hydrogens is 538 g/mol. The summed E-state index contributed by atoms with van der Waals surface area (Å²) in [4.78, 5) is 25.3. The first-order valence-corrected chi connectivity index (χ1v) is 10.8. The van der Waals surface area contributed by atoms with Crippen LogP contribution in [0.3, 0.4) is 0 Å². The molecule has 35 heavy (non-hydrogen) atoms. The summed E-state index contributed by atoms with van der Waals surface area (Å²) in [6.45, 7) is 0. The fourth-order valence-electron chi connectivity index (χ4n) is 4.13. The van der Waals surface area contributed by atoms with Crippen molar-refractivity contribution in [1.29, 1.82) is 0 Å². The van der Waals surface area contributed by atoms with E-state index in [9.17, 15) is 31.5 Å². The Bertz CT molecular complexity index is 1400. The zero-order valence-electron chi connectivity index (χ0n) is 17.1. The fraction of sp³-hybridized carbons (Fsp3) is 0.130. The van der Waals surface area contributed by atoms with Gasteiger partial charge in [0.15, 0.2) is 11.6 Å². The maximum absolute atomic E-state index is 14.6. The van der Waals surface area contributed by atoms with E-state index in [1.807, 2.05) is 5.32 Å². The molecule has 182 valence electrons. The fourth-order valence-corrected chi connectivity index (χ4v) is 5.41. The molecule has 3 aromatic carbocycles. The monoisotopic (exact) mass is 548 g/mol. The van der Waals surface area contributed by atoms with E-state index in [4.69, 9.17) is 40.5 Å². The first-order chi connectivity index (χ1) is 16.3. The van der Waals surface area contributed by atoms with Gasteiger partial charge in [0.1, 0.15) is 27.2 Å². The van der Waals surface area contributed by atoms with E-state index in [0.29, 0.717) is 12.1 Å². The van der Waals surface area contributed by atoms with Gasteiger partial charge in [-0.1, -0.05) is 40.9 Å². The van der Waals surface area contributed by atoms with E-state index in [0.717, 1.165) is 30.3 Å². The number of hydrogen-bond acceptors (Lipinski definition) is 2. The van der Waals surface area contributed by atoms with Crippen molar-refractivity contribution in [2.45, 2.75) is 15.7 Å². The molecule has 0 radical (unpaired) electrons. The lowest BCUT2D eigenvalue weighted by atomic mass is 9.88. The highest BCUT2D eigenvalue weighted by molar-refractivity contribution is 6.55. The van der Waals surface area contributed by atoms with Crippen molar-refractivity contribution in [2.75, 3.05) is 5.32 Å². The molecule has 4 nitrogen and oxygen atoms in total. The highest BCUT2D eigenvalue weighted by atomic mass is 35.5. The number of amides is 2. The Balaban J connectivity index is 1.82. The molecule has 2 amide bonds. The van der Waals surface area contributed by atoms with E-state index in [-0.39, 0.29) is 16.1 Å². The molecule has 0 heterocycles. The average Bonchev–Trinajstić information content (AvgIpc) is 3.31. The van der Waals surface area contributed by atoms with E-state index in [1.165, 1.54) is 6.07 Å². The van der Waals surface area contributed by atoms with E-state index in [1.54, 1.807) is 0 Å². The number of primary amides is 1. The average molecular weight is 550 g/mol. The van der Waals surface area contributed by atoms with E-state index in [2.05, 4.69) is 0 Å². The number of nitrogens with two attached hydrogens (primary N) is 1. The molecular formula is C23H12Cl3F5N2O2. The molecule has 0 aliphatic heterocycles. The second-order valence-corrected chi connectivity index (χ2v) is 9.59. The van der Waals surface area contributed by atoms with Crippen LogP contribution in [0, 0.1) is 29.1 Å². The van der Waals surface area contributed by atoms with Crippen molar-refractivity contribution < 1.29 is 31.5 Å². The molecule has 1 fully saturated rings. The Morgan fingerprint density at radius 2 is 1.57 bits per heavy atom. The Morgan fingerprint density at radius 1 is 0.886 bits per heavy atom. The third-order valence-electron chi connectivity index (χ3n) is 5.81. The zero-order chi connectivity index (χ0) is 25.9. The second-order valence-electron chi connectivity index (χ2n) is 7.80. The number of carbonyl (C=O) groups excluding carboxylic acids is 2. The SMILES string of the molecule is NC(=O)C1(c2cc(F)c(F)c(C(=O)Nc3ccc(F)cc3F)c2)C(c2ccc(F)c(Cl)c2)C1(Cl)Cl. The molecule has 1 saturated carbocycles. The topological polar surface area (TPSA) is 72.2 Å². The third-order valence-corrected chi connectivity index (χ3v) is 7.13.